The summed E-state index contributed by atoms with van der Waals surface area (Å²) in [5.74, 6) is 0. The molecule has 19 heavy (non-hydrogen) atoms. The van der Waals surface area contributed by atoms with E-state index in [1.807, 2.05) is 13.0 Å². The highest BCUT2D eigenvalue weighted by molar-refractivity contribution is 9.10. The number of benzene rings is 1. The van der Waals surface area contributed by atoms with Gasteiger partial charge in [0.2, 0.25) is 10.0 Å². The van der Waals surface area contributed by atoms with Gasteiger partial charge in [-0.15, -0.1) is 0 Å². The van der Waals surface area contributed by atoms with Gasteiger partial charge in [-0.25, -0.2) is 8.42 Å². The van der Waals surface area contributed by atoms with Crippen LogP contribution < -0.4 is 5.32 Å². The topological polar surface area (TPSA) is 49.4 Å². The molecule has 1 aliphatic heterocycles. The van der Waals surface area contributed by atoms with Crippen LogP contribution in [0.4, 0.5) is 0 Å². The molecule has 0 aliphatic carbocycles. The summed E-state index contributed by atoms with van der Waals surface area (Å²) in [6.07, 6.45) is 1.73. The molecule has 4 nitrogen and oxygen atoms in total. The first-order valence-electron chi connectivity index (χ1n) is 6.38. The molecule has 1 aromatic carbocycles. The largest absolute Gasteiger partial charge is 0.317 e. The molecule has 0 atom stereocenters. The second-order valence-electron chi connectivity index (χ2n) is 4.87. The summed E-state index contributed by atoms with van der Waals surface area (Å²) in [5.41, 5.74) is 0.767. The fourth-order valence-electron chi connectivity index (χ4n) is 2.39. The normalized spacial score (nSPS) is 17.9. The number of hydrogen-bond acceptors (Lipinski definition) is 3. The zero-order valence-electron chi connectivity index (χ0n) is 11.2. The fourth-order valence-corrected chi connectivity index (χ4v) is 4.55. The van der Waals surface area contributed by atoms with Gasteiger partial charge in [0.25, 0.3) is 0 Å². The van der Waals surface area contributed by atoms with Crippen LogP contribution in [0.15, 0.2) is 27.6 Å². The van der Waals surface area contributed by atoms with Crippen molar-refractivity contribution in [3.8, 4) is 0 Å². The Bertz CT molecular complexity index is 554. The Balaban J connectivity index is 2.33. The fraction of sp³-hybridized carbons (Fsp3) is 0.538. The summed E-state index contributed by atoms with van der Waals surface area (Å²) in [6.45, 7) is 3.58. The molecule has 1 N–H and O–H groups in total. The third-order valence-corrected chi connectivity index (χ3v) is 6.61. The quantitative estimate of drug-likeness (QED) is 0.911. The number of piperidine rings is 1. The SMILES string of the molecule is Cc1c(Br)cccc1S(=O)(=O)N(C)C1CCNCC1. The molecule has 0 bridgehead atoms. The van der Waals surface area contributed by atoms with E-state index in [0.29, 0.717) is 4.90 Å². The third-order valence-electron chi connectivity index (χ3n) is 3.70. The lowest BCUT2D eigenvalue weighted by Gasteiger charge is -2.31. The van der Waals surface area contributed by atoms with Crippen molar-refractivity contribution in [1.29, 1.82) is 0 Å². The van der Waals surface area contributed by atoms with E-state index in [2.05, 4.69) is 21.2 Å². The number of hydrogen-bond donors (Lipinski definition) is 1. The first-order valence-corrected chi connectivity index (χ1v) is 8.62. The maximum atomic E-state index is 12.7. The van der Waals surface area contributed by atoms with Crippen LogP contribution in [0.3, 0.4) is 0 Å². The molecule has 1 fully saturated rings. The first kappa shape index (κ1) is 15.0. The van der Waals surface area contributed by atoms with Crippen molar-refractivity contribution in [2.75, 3.05) is 20.1 Å². The molecule has 0 aromatic heterocycles. The van der Waals surface area contributed by atoms with Gasteiger partial charge < -0.3 is 5.32 Å². The molecule has 0 amide bonds. The van der Waals surface area contributed by atoms with E-state index in [-0.39, 0.29) is 6.04 Å². The van der Waals surface area contributed by atoms with Gasteiger partial charge in [0.1, 0.15) is 0 Å². The number of halogens is 1. The molecule has 2 rings (SSSR count). The Morgan fingerprint density at radius 3 is 2.58 bits per heavy atom. The summed E-state index contributed by atoms with van der Waals surface area (Å²) in [5, 5.41) is 3.25. The molecule has 1 heterocycles. The van der Waals surface area contributed by atoms with Crippen LogP contribution in [0.5, 0.6) is 0 Å². The Morgan fingerprint density at radius 1 is 1.32 bits per heavy atom. The van der Waals surface area contributed by atoms with Gasteiger partial charge >= 0.3 is 0 Å². The molecule has 6 heteroatoms. The van der Waals surface area contributed by atoms with Crippen LogP contribution >= 0.6 is 15.9 Å². The molecule has 0 unspecified atom stereocenters. The molecule has 1 aromatic rings. The average molecular weight is 347 g/mol. The van der Waals surface area contributed by atoms with E-state index in [9.17, 15) is 8.42 Å². The average Bonchev–Trinajstić information content (AvgIpc) is 2.41. The van der Waals surface area contributed by atoms with Crippen molar-refractivity contribution < 1.29 is 8.42 Å². The second-order valence-corrected chi connectivity index (χ2v) is 7.69. The minimum atomic E-state index is -3.42. The van der Waals surface area contributed by atoms with Crippen LogP contribution in [0.1, 0.15) is 18.4 Å². The highest BCUT2D eigenvalue weighted by Crippen LogP contribution is 2.27. The first-order chi connectivity index (χ1) is 8.94. The zero-order chi connectivity index (χ0) is 14.0. The molecule has 106 valence electrons. The summed E-state index contributed by atoms with van der Waals surface area (Å²) in [4.78, 5) is 0.392. The summed E-state index contributed by atoms with van der Waals surface area (Å²) < 4.78 is 27.7. The van der Waals surface area contributed by atoms with Crippen LogP contribution in [0.25, 0.3) is 0 Å². The highest BCUT2D eigenvalue weighted by Gasteiger charge is 2.30. The Kier molecular flexibility index (Phi) is 4.66. The number of rotatable bonds is 3. The van der Waals surface area contributed by atoms with E-state index in [1.54, 1.807) is 19.2 Å². The van der Waals surface area contributed by atoms with Crippen molar-refractivity contribution in [3.63, 3.8) is 0 Å². The van der Waals surface area contributed by atoms with E-state index in [1.165, 1.54) is 4.31 Å². The van der Waals surface area contributed by atoms with Gasteiger partial charge in [0.05, 0.1) is 4.90 Å². The van der Waals surface area contributed by atoms with Crippen LogP contribution in [-0.4, -0.2) is 38.9 Å². The van der Waals surface area contributed by atoms with Gasteiger partial charge in [-0.3, -0.25) is 0 Å². The van der Waals surface area contributed by atoms with E-state index >= 15 is 0 Å². The maximum absolute atomic E-state index is 12.7. The van der Waals surface area contributed by atoms with Gasteiger partial charge in [-0.05, 0) is 50.6 Å². The minimum Gasteiger partial charge on any atom is -0.317 e. The minimum absolute atomic E-state index is 0.0876. The van der Waals surface area contributed by atoms with Crippen molar-refractivity contribution in [2.24, 2.45) is 0 Å². The smallest absolute Gasteiger partial charge is 0.243 e. The summed E-state index contributed by atoms with van der Waals surface area (Å²) in [7, 11) is -1.73. The standard InChI is InChI=1S/C13H19BrN2O2S/c1-10-12(14)4-3-5-13(10)19(17,18)16(2)11-6-8-15-9-7-11/h3-5,11,15H,6-9H2,1-2H3. The number of sulfonamides is 1. The Morgan fingerprint density at radius 2 is 1.95 bits per heavy atom. The van der Waals surface area contributed by atoms with E-state index in [4.69, 9.17) is 0 Å². The third kappa shape index (κ3) is 3.02. The van der Waals surface area contributed by atoms with Crippen molar-refractivity contribution >= 4 is 26.0 Å². The summed E-state index contributed by atoms with van der Waals surface area (Å²) in [6, 6.07) is 5.39. The molecule has 0 spiro atoms. The monoisotopic (exact) mass is 346 g/mol. The van der Waals surface area contributed by atoms with Crippen LogP contribution in [0.2, 0.25) is 0 Å². The molecular formula is C13H19BrN2O2S. The lowest BCUT2D eigenvalue weighted by atomic mass is 10.1. The van der Waals surface area contributed by atoms with Crippen LogP contribution in [0, 0.1) is 6.92 Å². The van der Waals surface area contributed by atoms with E-state index in [0.717, 1.165) is 36.0 Å². The molecule has 0 saturated carbocycles. The molecular weight excluding hydrogens is 328 g/mol. The Hall–Kier alpha value is -0.430. The lowest BCUT2D eigenvalue weighted by Crippen LogP contribution is -2.44. The lowest BCUT2D eigenvalue weighted by molar-refractivity contribution is 0.296. The van der Waals surface area contributed by atoms with Gasteiger partial charge in [0.15, 0.2) is 0 Å². The predicted octanol–water partition coefficient (Wildman–Crippen LogP) is 2.13. The van der Waals surface area contributed by atoms with Gasteiger partial charge in [-0.2, -0.15) is 4.31 Å². The second kappa shape index (κ2) is 5.91. The molecule has 0 radical (unpaired) electrons. The van der Waals surface area contributed by atoms with Gasteiger partial charge in [0, 0.05) is 17.6 Å². The molecule has 1 aliphatic rings. The number of nitrogens with one attached hydrogen (secondary N) is 1. The van der Waals surface area contributed by atoms with Gasteiger partial charge in [-0.1, -0.05) is 22.0 Å². The van der Waals surface area contributed by atoms with Crippen molar-refractivity contribution in [3.05, 3.63) is 28.2 Å². The predicted molar refractivity (Wildman–Crippen MR) is 79.7 cm³/mol. The Labute approximate surface area is 123 Å². The maximum Gasteiger partial charge on any atom is 0.243 e. The van der Waals surface area contributed by atoms with E-state index < -0.39 is 10.0 Å². The van der Waals surface area contributed by atoms with Crippen molar-refractivity contribution in [2.45, 2.75) is 30.7 Å². The highest BCUT2D eigenvalue weighted by atomic mass is 79.9. The summed E-state index contributed by atoms with van der Waals surface area (Å²) >= 11 is 3.39. The molecule has 1 saturated heterocycles. The van der Waals surface area contributed by atoms with Crippen molar-refractivity contribution in [1.82, 2.24) is 9.62 Å². The number of nitrogens with zero attached hydrogens (tertiary/aromatic N) is 1. The zero-order valence-corrected chi connectivity index (χ0v) is 13.6. The van der Waals surface area contributed by atoms with Crippen LogP contribution in [-0.2, 0) is 10.0 Å².